The SMILES string of the molecule is O=C1C(=O)N(CC2CCCO2)C(c2cccc(Oc3ccccc3)c2)/C1=C(/O)c1ccc2c(c1)OCCO2. The van der Waals surface area contributed by atoms with Crippen LogP contribution >= 0.6 is 0 Å². The maximum absolute atomic E-state index is 13.4. The number of benzene rings is 3. The van der Waals surface area contributed by atoms with E-state index in [4.69, 9.17) is 18.9 Å². The van der Waals surface area contributed by atoms with E-state index in [9.17, 15) is 14.7 Å². The minimum absolute atomic E-state index is 0.0153. The molecule has 0 bridgehead atoms. The van der Waals surface area contributed by atoms with Crippen molar-refractivity contribution in [2.75, 3.05) is 26.4 Å². The molecule has 0 saturated carbocycles. The Bertz CT molecular complexity index is 1390. The summed E-state index contributed by atoms with van der Waals surface area (Å²) < 4.78 is 23.1. The molecule has 0 spiro atoms. The summed E-state index contributed by atoms with van der Waals surface area (Å²) in [7, 11) is 0. The van der Waals surface area contributed by atoms with Gasteiger partial charge in [0.1, 0.15) is 30.5 Å². The topological polar surface area (TPSA) is 94.5 Å². The molecule has 8 nitrogen and oxygen atoms in total. The van der Waals surface area contributed by atoms with Crippen molar-refractivity contribution in [2.45, 2.75) is 25.0 Å². The predicted molar refractivity (Wildman–Crippen MR) is 138 cm³/mol. The van der Waals surface area contributed by atoms with Gasteiger partial charge in [-0.05, 0) is 60.9 Å². The monoisotopic (exact) mass is 513 g/mol. The third-order valence-electron chi connectivity index (χ3n) is 6.93. The normalized spacial score (nSPS) is 22.1. The summed E-state index contributed by atoms with van der Waals surface area (Å²) in [6.07, 6.45) is 1.53. The number of para-hydroxylation sites is 1. The van der Waals surface area contributed by atoms with Crippen LogP contribution in [0.5, 0.6) is 23.0 Å². The molecule has 6 rings (SSSR count). The number of amides is 1. The van der Waals surface area contributed by atoms with E-state index < -0.39 is 17.7 Å². The number of hydrogen-bond acceptors (Lipinski definition) is 7. The van der Waals surface area contributed by atoms with Crippen molar-refractivity contribution in [1.82, 2.24) is 4.90 Å². The minimum Gasteiger partial charge on any atom is -0.507 e. The third-order valence-corrected chi connectivity index (χ3v) is 6.93. The molecule has 1 N–H and O–H groups in total. The molecule has 3 aliphatic heterocycles. The molecule has 0 aliphatic carbocycles. The lowest BCUT2D eigenvalue weighted by Crippen LogP contribution is -2.36. The minimum atomic E-state index is -0.813. The lowest BCUT2D eigenvalue weighted by Gasteiger charge is -2.28. The highest BCUT2D eigenvalue weighted by molar-refractivity contribution is 6.46. The van der Waals surface area contributed by atoms with Gasteiger partial charge in [0.05, 0.1) is 17.7 Å². The van der Waals surface area contributed by atoms with Gasteiger partial charge in [-0.3, -0.25) is 9.59 Å². The second-order valence-corrected chi connectivity index (χ2v) is 9.43. The number of rotatable bonds is 6. The van der Waals surface area contributed by atoms with Gasteiger partial charge in [-0.25, -0.2) is 0 Å². The highest BCUT2D eigenvalue weighted by Crippen LogP contribution is 2.42. The summed E-state index contributed by atoms with van der Waals surface area (Å²) in [6.45, 7) is 1.69. The van der Waals surface area contributed by atoms with Crippen molar-refractivity contribution in [3.63, 3.8) is 0 Å². The molecule has 8 heteroatoms. The molecule has 2 saturated heterocycles. The fraction of sp³-hybridized carbons (Fsp3) is 0.267. The van der Waals surface area contributed by atoms with Gasteiger partial charge < -0.3 is 29.0 Å². The molecule has 3 aromatic rings. The van der Waals surface area contributed by atoms with E-state index in [2.05, 4.69) is 0 Å². The van der Waals surface area contributed by atoms with Gasteiger partial charge in [0.2, 0.25) is 0 Å². The predicted octanol–water partition coefficient (Wildman–Crippen LogP) is 4.85. The van der Waals surface area contributed by atoms with Crippen molar-refractivity contribution in [1.29, 1.82) is 0 Å². The number of ketones is 1. The van der Waals surface area contributed by atoms with Gasteiger partial charge in [-0.2, -0.15) is 0 Å². The number of aliphatic hydroxyl groups excluding tert-OH is 1. The molecule has 0 aromatic heterocycles. The molecule has 1 amide bonds. The Morgan fingerprint density at radius 2 is 1.68 bits per heavy atom. The number of carbonyl (C=O) groups excluding carboxylic acids is 2. The van der Waals surface area contributed by atoms with Crippen LogP contribution < -0.4 is 14.2 Å². The van der Waals surface area contributed by atoms with Crippen LogP contribution in [-0.4, -0.2) is 54.2 Å². The van der Waals surface area contributed by atoms with Gasteiger partial charge in [-0.1, -0.05) is 30.3 Å². The smallest absolute Gasteiger partial charge is 0.295 e. The molecule has 0 radical (unpaired) electrons. The van der Waals surface area contributed by atoms with Crippen LogP contribution in [0.3, 0.4) is 0 Å². The summed E-state index contributed by atoms with van der Waals surface area (Å²) >= 11 is 0. The van der Waals surface area contributed by atoms with Gasteiger partial charge >= 0.3 is 0 Å². The zero-order chi connectivity index (χ0) is 26.1. The van der Waals surface area contributed by atoms with Crippen LogP contribution in [0.15, 0.2) is 78.4 Å². The summed E-state index contributed by atoms with van der Waals surface area (Å²) in [5.74, 6) is 0.575. The Hall–Kier alpha value is -4.30. The molecule has 2 fully saturated rings. The molecule has 3 aliphatic rings. The van der Waals surface area contributed by atoms with E-state index in [1.165, 1.54) is 4.90 Å². The molecule has 2 atom stereocenters. The summed E-state index contributed by atoms with van der Waals surface area (Å²) in [5.41, 5.74) is 1.03. The number of likely N-dealkylation sites (tertiary alicyclic amines) is 1. The Kier molecular flexibility index (Phi) is 6.47. The molecular formula is C30H27NO7. The maximum atomic E-state index is 13.4. The Labute approximate surface area is 220 Å². The molecule has 3 aromatic carbocycles. The second kappa shape index (κ2) is 10.2. The van der Waals surface area contributed by atoms with E-state index in [-0.39, 0.29) is 24.0 Å². The van der Waals surface area contributed by atoms with Crippen LogP contribution in [0.2, 0.25) is 0 Å². The highest BCUT2D eigenvalue weighted by atomic mass is 16.6. The highest BCUT2D eigenvalue weighted by Gasteiger charge is 2.47. The van der Waals surface area contributed by atoms with Crippen molar-refractivity contribution in [3.05, 3.63) is 89.5 Å². The number of nitrogens with zero attached hydrogens (tertiary/aromatic N) is 1. The fourth-order valence-corrected chi connectivity index (χ4v) is 5.14. The van der Waals surface area contributed by atoms with Gasteiger partial charge in [0.25, 0.3) is 11.7 Å². The number of carbonyl (C=O) groups is 2. The lowest BCUT2D eigenvalue weighted by molar-refractivity contribution is -0.140. The number of hydrogen-bond donors (Lipinski definition) is 1. The molecule has 38 heavy (non-hydrogen) atoms. The number of aliphatic hydroxyl groups is 1. The largest absolute Gasteiger partial charge is 0.507 e. The first-order valence-electron chi connectivity index (χ1n) is 12.7. The van der Waals surface area contributed by atoms with Crippen LogP contribution in [0.1, 0.15) is 30.0 Å². The lowest BCUT2D eigenvalue weighted by atomic mass is 9.95. The number of Topliss-reactive ketones (excluding diaryl/α,β-unsaturated/α-hetero) is 1. The van der Waals surface area contributed by atoms with Crippen LogP contribution in [-0.2, 0) is 14.3 Å². The second-order valence-electron chi connectivity index (χ2n) is 9.43. The van der Waals surface area contributed by atoms with E-state index in [1.54, 1.807) is 24.3 Å². The summed E-state index contributed by atoms with van der Waals surface area (Å²) in [6, 6.07) is 20.7. The van der Waals surface area contributed by atoms with Crippen molar-refractivity contribution >= 4 is 17.4 Å². The van der Waals surface area contributed by atoms with Crippen molar-refractivity contribution in [2.24, 2.45) is 0 Å². The van der Waals surface area contributed by atoms with E-state index >= 15 is 0 Å². The van der Waals surface area contributed by atoms with E-state index in [0.29, 0.717) is 53.9 Å². The van der Waals surface area contributed by atoms with Crippen LogP contribution in [0.25, 0.3) is 5.76 Å². The van der Waals surface area contributed by atoms with Crippen LogP contribution in [0.4, 0.5) is 0 Å². The zero-order valence-electron chi connectivity index (χ0n) is 20.7. The first-order valence-corrected chi connectivity index (χ1v) is 12.7. The Morgan fingerprint density at radius 1 is 0.895 bits per heavy atom. The molecule has 2 unspecified atom stereocenters. The quantitative estimate of drug-likeness (QED) is 0.286. The Morgan fingerprint density at radius 3 is 2.47 bits per heavy atom. The first kappa shape index (κ1) is 24.1. The summed E-state index contributed by atoms with van der Waals surface area (Å²) in [5, 5.41) is 11.4. The molecule has 194 valence electrons. The number of fused-ring (bicyclic) bond motifs is 1. The van der Waals surface area contributed by atoms with Gasteiger partial charge in [0.15, 0.2) is 11.5 Å². The fourth-order valence-electron chi connectivity index (χ4n) is 5.14. The van der Waals surface area contributed by atoms with E-state index in [1.807, 2.05) is 48.5 Å². The standard InChI is InChI=1S/C30H27NO7/c32-28(20-11-12-24-25(17-20)37-15-14-36-24)26-27(31(30(34)29(26)33)18-23-10-5-13-35-23)19-6-4-9-22(16-19)38-21-7-2-1-3-8-21/h1-4,6-9,11-12,16-17,23,27,32H,5,10,13-15,18H2/b28-26-. The average molecular weight is 514 g/mol. The maximum Gasteiger partial charge on any atom is 0.295 e. The Balaban J connectivity index is 1.42. The first-order chi connectivity index (χ1) is 18.6. The number of ether oxygens (including phenoxy) is 4. The summed E-state index contributed by atoms with van der Waals surface area (Å²) in [4.78, 5) is 28.3. The van der Waals surface area contributed by atoms with Gasteiger partial charge in [0, 0.05) is 18.7 Å². The molecular weight excluding hydrogens is 486 g/mol. The van der Waals surface area contributed by atoms with E-state index in [0.717, 1.165) is 12.8 Å². The van der Waals surface area contributed by atoms with Crippen LogP contribution in [0, 0.1) is 0 Å². The van der Waals surface area contributed by atoms with Crippen molar-refractivity contribution < 1.29 is 33.6 Å². The molecule has 3 heterocycles. The average Bonchev–Trinajstić information content (AvgIpc) is 3.55. The van der Waals surface area contributed by atoms with Crippen molar-refractivity contribution in [3.8, 4) is 23.0 Å². The van der Waals surface area contributed by atoms with Gasteiger partial charge in [-0.15, -0.1) is 0 Å². The third kappa shape index (κ3) is 4.59. The zero-order valence-corrected chi connectivity index (χ0v) is 20.7.